The van der Waals surface area contributed by atoms with Gasteiger partial charge in [0, 0.05) is 10.4 Å². The molecule has 84 valence electrons. The lowest BCUT2D eigenvalue weighted by molar-refractivity contribution is 0.146. The molecule has 0 saturated heterocycles. The Hall–Kier alpha value is -0.930. The van der Waals surface area contributed by atoms with Crippen LogP contribution in [0.15, 0.2) is 18.2 Å². The summed E-state index contributed by atoms with van der Waals surface area (Å²) < 4.78 is 25.0. The number of fused-ring (bicyclic) bond motifs is 1. The van der Waals surface area contributed by atoms with Crippen LogP contribution in [-0.4, -0.2) is 4.98 Å². The molecule has 0 aliphatic rings. The fourth-order valence-corrected chi connectivity index (χ4v) is 1.87. The smallest absolute Gasteiger partial charge is 0.247 e. The number of pyridine rings is 1. The lowest BCUT2D eigenvalue weighted by Crippen LogP contribution is -1.92. The fourth-order valence-electron chi connectivity index (χ4n) is 1.45. The summed E-state index contributed by atoms with van der Waals surface area (Å²) in [5.41, 5.74) is 0.887. The Morgan fingerprint density at radius 3 is 2.44 bits per heavy atom. The molecule has 0 N–H and O–H groups in total. The summed E-state index contributed by atoms with van der Waals surface area (Å²) in [6.45, 7) is 1.82. The van der Waals surface area contributed by atoms with Gasteiger partial charge in [-0.2, -0.15) is 0 Å². The molecular weight excluding hydrogens is 255 g/mol. The van der Waals surface area contributed by atoms with Gasteiger partial charge in [0.05, 0.1) is 10.5 Å². The minimum absolute atomic E-state index is 0.264. The number of benzene rings is 1. The lowest BCUT2D eigenvalue weighted by atomic mass is 10.1. The third-order valence-corrected chi connectivity index (χ3v) is 3.00. The van der Waals surface area contributed by atoms with Crippen molar-refractivity contribution in [1.82, 2.24) is 4.98 Å². The molecule has 0 unspecified atom stereocenters. The summed E-state index contributed by atoms with van der Waals surface area (Å²) in [6, 6.07) is 4.47. The molecular formula is C11H7Cl2F2N. The van der Waals surface area contributed by atoms with Gasteiger partial charge in [-0.25, -0.2) is 13.8 Å². The van der Waals surface area contributed by atoms with E-state index in [-0.39, 0.29) is 10.7 Å². The largest absolute Gasteiger partial charge is 0.280 e. The summed E-state index contributed by atoms with van der Waals surface area (Å²) in [7, 11) is 0. The maximum atomic E-state index is 12.5. The minimum Gasteiger partial charge on any atom is -0.247 e. The van der Waals surface area contributed by atoms with Gasteiger partial charge < -0.3 is 0 Å². The number of aryl methyl sites for hydroxylation is 1. The Bertz CT molecular complexity index is 555. The molecule has 0 fully saturated rings. The molecule has 5 heteroatoms. The molecule has 2 aromatic rings. The molecule has 2 rings (SSSR count). The zero-order valence-electron chi connectivity index (χ0n) is 8.27. The van der Waals surface area contributed by atoms with Gasteiger partial charge in [-0.05, 0) is 30.7 Å². The van der Waals surface area contributed by atoms with Crippen molar-refractivity contribution >= 4 is 34.1 Å². The van der Waals surface area contributed by atoms with Gasteiger partial charge in [-0.15, -0.1) is 0 Å². The topological polar surface area (TPSA) is 12.9 Å². The van der Waals surface area contributed by atoms with Gasteiger partial charge >= 0.3 is 0 Å². The first kappa shape index (κ1) is 11.6. The maximum absolute atomic E-state index is 12.5. The van der Waals surface area contributed by atoms with E-state index in [1.54, 1.807) is 12.1 Å². The van der Waals surface area contributed by atoms with E-state index in [1.807, 2.05) is 6.92 Å². The normalized spacial score (nSPS) is 11.4. The SMILES string of the molecule is Cc1cc2c(Cl)cc(C(F)F)nc2cc1Cl. The summed E-state index contributed by atoms with van der Waals surface area (Å²) in [5.74, 6) is 0. The molecule has 1 aromatic heterocycles. The van der Waals surface area contributed by atoms with E-state index in [9.17, 15) is 8.78 Å². The second-order valence-electron chi connectivity index (χ2n) is 3.45. The van der Waals surface area contributed by atoms with Crippen LogP contribution in [-0.2, 0) is 0 Å². The van der Waals surface area contributed by atoms with Gasteiger partial charge in [0.2, 0.25) is 0 Å². The first-order chi connectivity index (χ1) is 7.49. The number of aromatic nitrogens is 1. The number of hydrogen-bond acceptors (Lipinski definition) is 1. The van der Waals surface area contributed by atoms with Crippen LogP contribution in [0.2, 0.25) is 10.0 Å². The molecule has 0 aliphatic carbocycles. The maximum Gasteiger partial charge on any atom is 0.280 e. The summed E-state index contributed by atoms with van der Waals surface area (Å²) in [6.07, 6.45) is -2.64. The lowest BCUT2D eigenvalue weighted by Gasteiger charge is -2.06. The monoisotopic (exact) mass is 261 g/mol. The second kappa shape index (κ2) is 4.15. The van der Waals surface area contributed by atoms with Crippen molar-refractivity contribution in [3.8, 4) is 0 Å². The molecule has 16 heavy (non-hydrogen) atoms. The van der Waals surface area contributed by atoms with Crippen LogP contribution >= 0.6 is 23.2 Å². The van der Waals surface area contributed by atoms with E-state index in [1.165, 1.54) is 6.07 Å². The Morgan fingerprint density at radius 1 is 1.12 bits per heavy atom. The Kier molecular flexibility index (Phi) is 3.00. The van der Waals surface area contributed by atoms with Gasteiger partial charge in [0.25, 0.3) is 6.43 Å². The van der Waals surface area contributed by atoms with Crippen molar-refractivity contribution in [3.63, 3.8) is 0 Å². The Labute approximate surface area is 101 Å². The van der Waals surface area contributed by atoms with Gasteiger partial charge in [0.1, 0.15) is 5.69 Å². The van der Waals surface area contributed by atoms with E-state index >= 15 is 0 Å². The van der Waals surface area contributed by atoms with Gasteiger partial charge in [-0.3, -0.25) is 0 Å². The van der Waals surface area contributed by atoms with Crippen molar-refractivity contribution < 1.29 is 8.78 Å². The molecule has 1 aromatic carbocycles. The van der Waals surface area contributed by atoms with E-state index < -0.39 is 6.43 Å². The third-order valence-electron chi connectivity index (χ3n) is 2.28. The van der Waals surface area contributed by atoms with E-state index in [2.05, 4.69) is 4.98 Å². The number of halogens is 4. The average Bonchev–Trinajstić information content (AvgIpc) is 2.20. The zero-order chi connectivity index (χ0) is 11.9. The Balaban J connectivity index is 2.77. The van der Waals surface area contributed by atoms with Crippen LogP contribution in [0.4, 0.5) is 8.78 Å². The molecule has 1 nitrogen and oxygen atoms in total. The van der Waals surface area contributed by atoms with Crippen LogP contribution in [0, 0.1) is 6.92 Å². The van der Waals surface area contributed by atoms with Crippen molar-refractivity contribution in [3.05, 3.63) is 39.5 Å². The van der Waals surface area contributed by atoms with E-state index in [4.69, 9.17) is 23.2 Å². The van der Waals surface area contributed by atoms with Crippen molar-refractivity contribution in [2.45, 2.75) is 13.3 Å². The molecule has 0 radical (unpaired) electrons. The highest BCUT2D eigenvalue weighted by molar-refractivity contribution is 6.36. The highest BCUT2D eigenvalue weighted by Gasteiger charge is 2.13. The first-order valence-electron chi connectivity index (χ1n) is 4.53. The molecule has 0 saturated carbocycles. The number of alkyl halides is 2. The van der Waals surface area contributed by atoms with Crippen molar-refractivity contribution in [2.75, 3.05) is 0 Å². The highest BCUT2D eigenvalue weighted by Crippen LogP contribution is 2.30. The van der Waals surface area contributed by atoms with E-state index in [0.29, 0.717) is 15.9 Å². The predicted octanol–water partition coefficient (Wildman–Crippen LogP) is 4.79. The van der Waals surface area contributed by atoms with Crippen LogP contribution in [0.25, 0.3) is 10.9 Å². The number of hydrogen-bond donors (Lipinski definition) is 0. The van der Waals surface area contributed by atoms with Crippen LogP contribution in [0.5, 0.6) is 0 Å². The van der Waals surface area contributed by atoms with E-state index in [0.717, 1.165) is 5.56 Å². The summed E-state index contributed by atoms with van der Waals surface area (Å²) >= 11 is 11.8. The number of nitrogens with zero attached hydrogens (tertiary/aromatic N) is 1. The van der Waals surface area contributed by atoms with Crippen LogP contribution < -0.4 is 0 Å². The van der Waals surface area contributed by atoms with Crippen LogP contribution in [0.3, 0.4) is 0 Å². The molecule has 0 atom stereocenters. The molecule has 0 bridgehead atoms. The highest BCUT2D eigenvalue weighted by atomic mass is 35.5. The van der Waals surface area contributed by atoms with Crippen LogP contribution in [0.1, 0.15) is 17.7 Å². The quantitative estimate of drug-likeness (QED) is 0.720. The third kappa shape index (κ3) is 1.97. The minimum atomic E-state index is -2.64. The first-order valence-corrected chi connectivity index (χ1v) is 5.29. The summed E-state index contributed by atoms with van der Waals surface area (Å²) in [5, 5.41) is 1.38. The predicted molar refractivity (Wildman–Crippen MR) is 61.5 cm³/mol. The summed E-state index contributed by atoms with van der Waals surface area (Å²) in [4.78, 5) is 3.82. The molecule has 0 amide bonds. The Morgan fingerprint density at radius 2 is 1.81 bits per heavy atom. The zero-order valence-corrected chi connectivity index (χ0v) is 9.78. The second-order valence-corrected chi connectivity index (χ2v) is 4.26. The molecule has 1 heterocycles. The molecule has 0 aliphatic heterocycles. The van der Waals surface area contributed by atoms with Crippen molar-refractivity contribution in [2.24, 2.45) is 0 Å². The van der Waals surface area contributed by atoms with Crippen molar-refractivity contribution in [1.29, 1.82) is 0 Å². The molecule has 0 spiro atoms. The number of rotatable bonds is 1. The van der Waals surface area contributed by atoms with Gasteiger partial charge in [-0.1, -0.05) is 23.2 Å². The average molecular weight is 262 g/mol. The van der Waals surface area contributed by atoms with Gasteiger partial charge in [0.15, 0.2) is 0 Å². The fraction of sp³-hybridized carbons (Fsp3) is 0.182. The standard InChI is InChI=1S/C11H7Cl2F2N/c1-5-2-6-8(13)4-10(11(14)15)16-9(6)3-7(5)12/h2-4,11H,1H3.